The second-order valence-electron chi connectivity index (χ2n) is 8.07. The number of carbonyl (C=O) groups excluding carboxylic acids is 2. The zero-order valence-corrected chi connectivity index (χ0v) is 20.2. The number of alkyl halides is 3. The Labute approximate surface area is 219 Å². The number of nitrogens with one attached hydrogen (secondary N) is 1. The number of phenolic OH excluding ortho intramolecular Hbond substituents is 1. The Balaban J connectivity index is 1.54. The van der Waals surface area contributed by atoms with E-state index in [4.69, 9.17) is 22.2 Å². The second-order valence-corrected chi connectivity index (χ2v) is 8.47. The fraction of sp³-hybridized carbons (Fsp3) is 0.0741. The van der Waals surface area contributed by atoms with E-state index >= 15 is 0 Å². The maximum Gasteiger partial charge on any atom is 0.416 e. The van der Waals surface area contributed by atoms with Crippen LogP contribution in [0.4, 0.5) is 23.7 Å². The Morgan fingerprint density at radius 2 is 1.66 bits per heavy atom. The number of ether oxygens (including phenoxy) is 1. The van der Waals surface area contributed by atoms with Crippen LogP contribution in [0.5, 0.6) is 5.75 Å². The minimum absolute atomic E-state index is 0.000789. The Bertz CT molecular complexity index is 1550. The fourth-order valence-corrected chi connectivity index (χ4v) is 3.95. The van der Waals surface area contributed by atoms with E-state index in [9.17, 15) is 27.9 Å². The third kappa shape index (κ3) is 5.70. The molecule has 0 aliphatic rings. The molecule has 0 heterocycles. The number of hydrogen-bond donors (Lipinski definition) is 3. The van der Waals surface area contributed by atoms with Crippen molar-refractivity contribution in [3.63, 3.8) is 0 Å². The molecule has 194 valence electrons. The van der Waals surface area contributed by atoms with E-state index in [0.29, 0.717) is 21.9 Å². The number of aromatic hydroxyl groups is 1. The van der Waals surface area contributed by atoms with E-state index < -0.39 is 23.6 Å². The van der Waals surface area contributed by atoms with Gasteiger partial charge in [-0.25, -0.2) is 4.79 Å². The van der Waals surface area contributed by atoms with Crippen LogP contribution in [-0.4, -0.2) is 22.7 Å². The van der Waals surface area contributed by atoms with Gasteiger partial charge in [0.1, 0.15) is 18.1 Å². The van der Waals surface area contributed by atoms with Crippen molar-refractivity contribution in [3.05, 3.63) is 106 Å². The number of phenols is 1. The van der Waals surface area contributed by atoms with Crippen molar-refractivity contribution in [2.75, 3.05) is 5.32 Å². The van der Waals surface area contributed by atoms with E-state index in [1.165, 1.54) is 18.2 Å². The molecule has 7 nitrogen and oxygen atoms in total. The van der Waals surface area contributed by atoms with Gasteiger partial charge in [0.2, 0.25) is 5.78 Å². The third-order valence-corrected chi connectivity index (χ3v) is 5.94. The predicted molar refractivity (Wildman–Crippen MR) is 137 cm³/mol. The maximum atomic E-state index is 13.1. The minimum atomic E-state index is -4.48. The molecule has 0 atom stereocenters. The number of hydrogen-bond acceptors (Lipinski definition) is 6. The number of fused-ring (bicyclic) bond motifs is 1. The molecule has 0 saturated heterocycles. The van der Waals surface area contributed by atoms with Gasteiger partial charge in [0.25, 0.3) is 0 Å². The molecule has 4 rings (SSSR count). The summed E-state index contributed by atoms with van der Waals surface area (Å²) in [5, 5.41) is 17.0. The molecule has 0 unspecified atom stereocenters. The highest BCUT2D eigenvalue weighted by Gasteiger charge is 2.30. The number of amides is 1. The van der Waals surface area contributed by atoms with E-state index in [2.05, 4.69) is 10.4 Å². The number of Topliss-reactive ketones (excluding diaryl/α,β-unsaturated/α-hetero) is 1. The quantitative estimate of drug-likeness (QED) is 0.111. The predicted octanol–water partition coefficient (Wildman–Crippen LogP) is 6.51. The Morgan fingerprint density at radius 1 is 0.974 bits per heavy atom. The van der Waals surface area contributed by atoms with Gasteiger partial charge in [-0.2, -0.15) is 18.3 Å². The van der Waals surface area contributed by atoms with Crippen LogP contribution in [0, 0.1) is 0 Å². The molecule has 0 aliphatic carbocycles. The highest BCUT2D eigenvalue weighted by molar-refractivity contribution is 6.53. The van der Waals surface area contributed by atoms with Crippen LogP contribution in [-0.2, 0) is 17.5 Å². The SMILES string of the molecule is NN=C(C(=O)c1ccc(O)c(Cl)c1)c1ccc(COC(=O)Nc2ccc(C(F)(F)F)cc2)c2ccccc12. The minimum Gasteiger partial charge on any atom is -0.506 e. The lowest BCUT2D eigenvalue weighted by atomic mass is 9.93. The van der Waals surface area contributed by atoms with Crippen molar-refractivity contribution in [1.29, 1.82) is 0 Å². The first-order valence-electron chi connectivity index (χ1n) is 11.0. The highest BCUT2D eigenvalue weighted by atomic mass is 35.5. The molecule has 0 aliphatic heterocycles. The van der Waals surface area contributed by atoms with Crippen molar-refractivity contribution in [1.82, 2.24) is 0 Å². The average Bonchev–Trinajstić information content (AvgIpc) is 2.89. The summed E-state index contributed by atoms with van der Waals surface area (Å²) in [7, 11) is 0. The first-order chi connectivity index (χ1) is 18.1. The van der Waals surface area contributed by atoms with Crippen LogP contribution in [0.25, 0.3) is 10.8 Å². The molecule has 38 heavy (non-hydrogen) atoms. The molecule has 0 radical (unpaired) electrons. The molecular weight excluding hydrogens is 523 g/mol. The van der Waals surface area contributed by atoms with Crippen LogP contribution in [0.1, 0.15) is 27.0 Å². The lowest BCUT2D eigenvalue weighted by Crippen LogP contribution is -2.18. The fourth-order valence-electron chi connectivity index (χ4n) is 3.77. The van der Waals surface area contributed by atoms with Gasteiger partial charge in [-0.15, -0.1) is 0 Å². The summed E-state index contributed by atoms with van der Waals surface area (Å²) in [6.07, 6.45) is -5.34. The Kier molecular flexibility index (Phi) is 7.54. The number of nitrogens with two attached hydrogens (primary N) is 1. The van der Waals surface area contributed by atoms with Gasteiger partial charge in [0.05, 0.1) is 10.6 Å². The summed E-state index contributed by atoms with van der Waals surface area (Å²) < 4.78 is 43.4. The zero-order chi connectivity index (χ0) is 27.4. The maximum absolute atomic E-state index is 13.1. The monoisotopic (exact) mass is 541 g/mol. The number of rotatable bonds is 6. The van der Waals surface area contributed by atoms with Crippen LogP contribution in [0.15, 0.2) is 84.0 Å². The molecule has 0 spiro atoms. The average molecular weight is 542 g/mol. The topological polar surface area (TPSA) is 114 Å². The van der Waals surface area contributed by atoms with E-state index in [-0.39, 0.29) is 34.3 Å². The highest BCUT2D eigenvalue weighted by Crippen LogP contribution is 2.30. The first-order valence-corrected chi connectivity index (χ1v) is 11.4. The van der Waals surface area contributed by atoms with E-state index in [1.807, 2.05) is 0 Å². The number of nitrogens with zero attached hydrogens (tertiary/aromatic N) is 1. The van der Waals surface area contributed by atoms with Crippen molar-refractivity contribution in [2.24, 2.45) is 10.9 Å². The van der Waals surface area contributed by atoms with Gasteiger partial charge < -0.3 is 15.7 Å². The van der Waals surface area contributed by atoms with Crippen molar-refractivity contribution in [2.45, 2.75) is 12.8 Å². The van der Waals surface area contributed by atoms with E-state index in [1.54, 1.807) is 36.4 Å². The van der Waals surface area contributed by atoms with Crippen molar-refractivity contribution >= 4 is 45.6 Å². The standard InChI is InChI=1S/C27H19ClF3N3O4/c28-22-13-15(6-12-23(22)35)25(36)24(34-32)21-11-5-16(19-3-1-2-4-20(19)21)14-38-26(37)33-18-9-7-17(8-10-18)27(29,30)31/h1-13,35H,14,32H2,(H,33,37). The summed E-state index contributed by atoms with van der Waals surface area (Å²) in [6.45, 7) is -0.163. The molecule has 4 aromatic carbocycles. The first kappa shape index (κ1) is 26.5. The lowest BCUT2D eigenvalue weighted by molar-refractivity contribution is -0.137. The number of hydrazone groups is 1. The molecule has 0 saturated carbocycles. The van der Waals surface area contributed by atoms with Crippen molar-refractivity contribution in [3.8, 4) is 5.75 Å². The third-order valence-electron chi connectivity index (χ3n) is 5.64. The summed E-state index contributed by atoms with van der Waals surface area (Å²) in [6, 6.07) is 18.2. The van der Waals surface area contributed by atoms with Crippen LogP contribution in [0.3, 0.4) is 0 Å². The van der Waals surface area contributed by atoms with E-state index in [0.717, 1.165) is 24.3 Å². The molecule has 4 aromatic rings. The number of anilines is 1. The number of benzene rings is 4. The molecule has 0 bridgehead atoms. The van der Waals surface area contributed by atoms with Gasteiger partial charge in [0.15, 0.2) is 0 Å². The summed E-state index contributed by atoms with van der Waals surface area (Å²) in [5.74, 6) is 4.90. The summed E-state index contributed by atoms with van der Waals surface area (Å²) >= 11 is 5.94. The zero-order valence-electron chi connectivity index (χ0n) is 19.4. The summed E-state index contributed by atoms with van der Waals surface area (Å²) in [5.41, 5.74) is 0.456. The van der Waals surface area contributed by atoms with Gasteiger partial charge in [-0.3, -0.25) is 10.1 Å². The molecular formula is C27H19ClF3N3O4. The largest absolute Gasteiger partial charge is 0.506 e. The number of carbonyl (C=O) groups is 2. The Morgan fingerprint density at radius 3 is 2.29 bits per heavy atom. The van der Waals surface area contributed by atoms with Crippen LogP contribution in [0.2, 0.25) is 5.02 Å². The molecule has 1 amide bonds. The second kappa shape index (κ2) is 10.8. The summed E-state index contributed by atoms with van der Waals surface area (Å²) in [4.78, 5) is 25.4. The smallest absolute Gasteiger partial charge is 0.416 e. The van der Waals surface area contributed by atoms with Gasteiger partial charge in [0, 0.05) is 16.8 Å². The lowest BCUT2D eigenvalue weighted by Gasteiger charge is -2.13. The normalized spacial score (nSPS) is 11.8. The van der Waals surface area contributed by atoms with Gasteiger partial charge >= 0.3 is 12.3 Å². The number of ketones is 1. The Hall–Kier alpha value is -4.57. The molecule has 4 N–H and O–H groups in total. The van der Waals surface area contributed by atoms with Crippen LogP contribution < -0.4 is 11.2 Å². The number of halogens is 4. The van der Waals surface area contributed by atoms with Crippen molar-refractivity contribution < 1.29 is 32.6 Å². The molecule has 0 aromatic heterocycles. The van der Waals surface area contributed by atoms with Gasteiger partial charge in [-0.05, 0) is 58.8 Å². The molecule has 0 fully saturated rings. The van der Waals surface area contributed by atoms with Crippen LogP contribution >= 0.6 is 11.6 Å². The van der Waals surface area contributed by atoms with Gasteiger partial charge in [-0.1, -0.05) is 48.0 Å². The molecule has 11 heteroatoms.